The van der Waals surface area contributed by atoms with E-state index in [1.165, 1.54) is 0 Å². The van der Waals surface area contributed by atoms with Crippen LogP contribution in [0, 0.1) is 6.92 Å². The second kappa shape index (κ2) is 6.61. The first-order valence-corrected chi connectivity index (χ1v) is 5.64. The second-order valence-electron chi connectivity index (χ2n) is 3.87. The summed E-state index contributed by atoms with van der Waals surface area (Å²) in [6.45, 7) is 2.18. The van der Waals surface area contributed by atoms with Crippen LogP contribution in [0.5, 0.6) is 0 Å². The molecule has 0 aliphatic rings. The quantitative estimate of drug-likeness (QED) is 0.441. The van der Waals surface area contributed by atoms with E-state index in [2.05, 4.69) is 16.1 Å². The third kappa shape index (κ3) is 3.74. The number of hydrogen-bond acceptors (Lipinski definition) is 4. The number of hydrogen-bond donors (Lipinski definition) is 4. The van der Waals surface area contributed by atoms with E-state index in [9.17, 15) is 9.59 Å². The van der Waals surface area contributed by atoms with Gasteiger partial charge < -0.3 is 16.1 Å². The number of hydrazine groups is 1. The Balaban J connectivity index is 2.66. The molecule has 0 atom stereocenters. The highest BCUT2D eigenvalue weighted by Crippen LogP contribution is 2.15. The van der Waals surface area contributed by atoms with Crippen molar-refractivity contribution < 1.29 is 9.59 Å². The largest absolute Gasteiger partial charge is 0.359 e. The van der Waals surface area contributed by atoms with Gasteiger partial charge in [0.1, 0.15) is 0 Å². The Bertz CT molecular complexity index is 446. The average Bonchev–Trinajstić information content (AvgIpc) is 2.38. The molecule has 2 amide bonds. The number of nitrogens with one attached hydrogen (secondary N) is 3. The number of benzene rings is 1. The van der Waals surface area contributed by atoms with E-state index >= 15 is 0 Å². The predicted molar refractivity (Wildman–Crippen MR) is 70.0 cm³/mol. The minimum atomic E-state index is -0.254. The molecular formula is C12H18N4O2. The fourth-order valence-electron chi connectivity index (χ4n) is 1.48. The van der Waals surface area contributed by atoms with E-state index in [1.807, 2.05) is 13.0 Å². The summed E-state index contributed by atoms with van der Waals surface area (Å²) < 4.78 is 0. The highest BCUT2D eigenvalue weighted by molar-refractivity contribution is 5.99. The van der Waals surface area contributed by atoms with Crippen molar-refractivity contribution in [2.24, 2.45) is 5.84 Å². The third-order valence-electron chi connectivity index (χ3n) is 2.49. The van der Waals surface area contributed by atoms with Crippen LogP contribution in [0.3, 0.4) is 0 Å². The molecule has 0 aliphatic heterocycles. The molecule has 0 spiro atoms. The van der Waals surface area contributed by atoms with Crippen molar-refractivity contribution in [2.75, 3.05) is 19.0 Å². The molecule has 1 aromatic rings. The normalized spacial score (nSPS) is 9.72. The number of amides is 2. The first-order valence-electron chi connectivity index (χ1n) is 5.64. The molecule has 6 nitrogen and oxygen atoms in total. The van der Waals surface area contributed by atoms with E-state index in [-0.39, 0.29) is 24.8 Å². The van der Waals surface area contributed by atoms with Crippen LogP contribution in [-0.2, 0) is 4.79 Å². The van der Waals surface area contributed by atoms with E-state index in [4.69, 9.17) is 5.84 Å². The lowest BCUT2D eigenvalue weighted by Gasteiger charge is -2.10. The molecule has 0 unspecified atom stereocenters. The molecule has 0 radical (unpaired) electrons. The Morgan fingerprint density at radius 1 is 1.33 bits per heavy atom. The molecule has 5 N–H and O–H groups in total. The summed E-state index contributed by atoms with van der Waals surface area (Å²) in [7, 11) is 1.56. The highest BCUT2D eigenvalue weighted by atomic mass is 16.2. The summed E-state index contributed by atoms with van der Waals surface area (Å²) >= 11 is 0. The van der Waals surface area contributed by atoms with Gasteiger partial charge in [0.2, 0.25) is 5.91 Å². The molecule has 6 heteroatoms. The van der Waals surface area contributed by atoms with Crippen LogP contribution >= 0.6 is 0 Å². The van der Waals surface area contributed by atoms with Crippen molar-refractivity contribution in [1.82, 2.24) is 10.6 Å². The first kappa shape index (κ1) is 14.0. The number of nitrogens with two attached hydrogens (primary N) is 1. The van der Waals surface area contributed by atoms with Gasteiger partial charge in [-0.1, -0.05) is 11.6 Å². The molecule has 18 heavy (non-hydrogen) atoms. The Labute approximate surface area is 106 Å². The topological polar surface area (TPSA) is 96.2 Å². The van der Waals surface area contributed by atoms with Gasteiger partial charge >= 0.3 is 0 Å². The molecule has 98 valence electrons. The molecule has 0 saturated carbocycles. The maximum Gasteiger partial charge on any atom is 0.253 e. The van der Waals surface area contributed by atoms with Crippen molar-refractivity contribution in [3.63, 3.8) is 0 Å². The van der Waals surface area contributed by atoms with Crippen LogP contribution in [0.2, 0.25) is 0 Å². The summed E-state index contributed by atoms with van der Waals surface area (Å²) in [6.07, 6.45) is 0.249. The van der Waals surface area contributed by atoms with E-state index in [0.29, 0.717) is 11.3 Å². The zero-order valence-electron chi connectivity index (χ0n) is 10.5. The van der Waals surface area contributed by atoms with Gasteiger partial charge in [0.05, 0.1) is 11.3 Å². The maximum absolute atomic E-state index is 11.9. The number of aryl methyl sites for hydroxylation is 1. The van der Waals surface area contributed by atoms with Gasteiger partial charge in [-0.2, -0.15) is 0 Å². The lowest BCUT2D eigenvalue weighted by atomic mass is 10.1. The zero-order valence-corrected chi connectivity index (χ0v) is 10.5. The standard InChI is InChI=1S/C12H18N4O2/c1-8-3-4-10(16-13)9(7-8)12(18)15-6-5-11(17)14-2/h3-4,7,16H,5-6,13H2,1-2H3,(H,14,17)(H,15,18). The monoisotopic (exact) mass is 250 g/mol. The summed E-state index contributed by atoms with van der Waals surface area (Å²) in [5, 5.41) is 5.16. The molecule has 0 aromatic heterocycles. The lowest BCUT2D eigenvalue weighted by molar-refractivity contribution is -0.120. The van der Waals surface area contributed by atoms with Gasteiger partial charge in [0.25, 0.3) is 5.91 Å². The van der Waals surface area contributed by atoms with Gasteiger partial charge in [0.15, 0.2) is 0 Å². The van der Waals surface area contributed by atoms with Crippen molar-refractivity contribution in [2.45, 2.75) is 13.3 Å². The van der Waals surface area contributed by atoms with Crippen LogP contribution in [0.15, 0.2) is 18.2 Å². The maximum atomic E-state index is 11.9. The second-order valence-corrected chi connectivity index (χ2v) is 3.87. The summed E-state index contributed by atoms with van der Waals surface area (Å²) in [4.78, 5) is 22.9. The highest BCUT2D eigenvalue weighted by Gasteiger charge is 2.11. The van der Waals surface area contributed by atoms with E-state index in [1.54, 1.807) is 19.2 Å². The summed E-state index contributed by atoms with van der Waals surface area (Å²) in [5.74, 6) is 4.97. The fraction of sp³-hybridized carbons (Fsp3) is 0.333. The fourth-order valence-corrected chi connectivity index (χ4v) is 1.48. The Morgan fingerprint density at radius 2 is 2.06 bits per heavy atom. The number of carbonyl (C=O) groups excluding carboxylic acids is 2. The predicted octanol–water partition coefficient (Wildman–Crippen LogP) is 0.147. The lowest BCUT2D eigenvalue weighted by Crippen LogP contribution is -2.30. The SMILES string of the molecule is CNC(=O)CCNC(=O)c1cc(C)ccc1NN. The van der Waals surface area contributed by atoms with E-state index in [0.717, 1.165) is 5.56 Å². The van der Waals surface area contributed by atoms with Crippen LogP contribution in [0.25, 0.3) is 0 Å². The summed E-state index contributed by atoms with van der Waals surface area (Å²) in [6, 6.07) is 5.34. The summed E-state index contributed by atoms with van der Waals surface area (Å²) in [5.41, 5.74) is 4.46. The zero-order chi connectivity index (χ0) is 13.5. The molecule has 0 bridgehead atoms. The van der Waals surface area contributed by atoms with Gasteiger partial charge in [0, 0.05) is 20.0 Å². The third-order valence-corrected chi connectivity index (χ3v) is 2.49. The van der Waals surface area contributed by atoms with Gasteiger partial charge in [-0.05, 0) is 19.1 Å². The minimum absolute atomic E-state index is 0.114. The molecule has 0 saturated heterocycles. The Kier molecular flexibility index (Phi) is 5.13. The minimum Gasteiger partial charge on any atom is -0.359 e. The Morgan fingerprint density at radius 3 is 2.67 bits per heavy atom. The first-order chi connectivity index (χ1) is 8.58. The number of carbonyl (C=O) groups is 2. The van der Waals surface area contributed by atoms with Crippen molar-refractivity contribution in [3.05, 3.63) is 29.3 Å². The van der Waals surface area contributed by atoms with Crippen molar-refractivity contribution >= 4 is 17.5 Å². The molecule has 0 aliphatic carbocycles. The average molecular weight is 250 g/mol. The van der Waals surface area contributed by atoms with Crippen molar-refractivity contribution in [1.29, 1.82) is 0 Å². The van der Waals surface area contributed by atoms with Crippen LogP contribution in [-0.4, -0.2) is 25.4 Å². The smallest absolute Gasteiger partial charge is 0.253 e. The molecular weight excluding hydrogens is 232 g/mol. The number of rotatable bonds is 5. The Hall–Kier alpha value is -2.08. The molecule has 1 aromatic carbocycles. The van der Waals surface area contributed by atoms with Crippen molar-refractivity contribution in [3.8, 4) is 0 Å². The van der Waals surface area contributed by atoms with Gasteiger partial charge in [-0.3, -0.25) is 15.4 Å². The van der Waals surface area contributed by atoms with E-state index < -0.39 is 0 Å². The van der Waals surface area contributed by atoms with Gasteiger partial charge in [-0.25, -0.2) is 0 Å². The molecule has 0 fully saturated rings. The van der Waals surface area contributed by atoms with Crippen LogP contribution in [0.4, 0.5) is 5.69 Å². The number of anilines is 1. The van der Waals surface area contributed by atoms with Crippen LogP contribution < -0.4 is 21.9 Å². The number of nitrogen functional groups attached to an aromatic ring is 1. The van der Waals surface area contributed by atoms with Gasteiger partial charge in [-0.15, -0.1) is 0 Å². The molecule has 1 rings (SSSR count). The molecule has 0 heterocycles. The van der Waals surface area contributed by atoms with Crippen LogP contribution in [0.1, 0.15) is 22.3 Å².